The van der Waals surface area contributed by atoms with Gasteiger partial charge in [0.25, 0.3) is 5.91 Å². The summed E-state index contributed by atoms with van der Waals surface area (Å²) < 4.78 is 13.5. The molecule has 3 aromatic rings. The Morgan fingerprint density at radius 1 is 1.14 bits per heavy atom. The molecule has 1 aliphatic heterocycles. The lowest BCUT2D eigenvalue weighted by Crippen LogP contribution is -2.42. The van der Waals surface area contributed by atoms with Crippen LogP contribution in [-0.2, 0) is 11.2 Å². The molecule has 0 aliphatic carbocycles. The van der Waals surface area contributed by atoms with E-state index >= 15 is 0 Å². The Morgan fingerprint density at radius 3 is 2.83 bits per heavy atom. The van der Waals surface area contributed by atoms with Crippen LogP contribution >= 0.6 is 0 Å². The topological polar surface area (TPSA) is 107 Å². The number of nitriles is 1. The van der Waals surface area contributed by atoms with Gasteiger partial charge in [-0.2, -0.15) is 5.26 Å². The first kappa shape index (κ1) is 24.9. The van der Waals surface area contributed by atoms with Gasteiger partial charge < -0.3 is 16.0 Å². The molecule has 1 atom stereocenters. The zero-order valence-electron chi connectivity index (χ0n) is 19.9. The molecule has 2 aromatic carbocycles. The quantitative estimate of drug-likeness (QED) is 0.443. The fourth-order valence-electron chi connectivity index (χ4n) is 4.26. The number of nitrogens with zero attached hydrogens (tertiary/aromatic N) is 2. The maximum Gasteiger partial charge on any atom is 0.255 e. The van der Waals surface area contributed by atoms with E-state index in [-0.39, 0.29) is 23.7 Å². The third-order valence-corrected chi connectivity index (χ3v) is 6.14. The zero-order valence-corrected chi connectivity index (χ0v) is 19.9. The van der Waals surface area contributed by atoms with Crippen molar-refractivity contribution in [2.24, 2.45) is 0 Å². The van der Waals surface area contributed by atoms with E-state index in [0.29, 0.717) is 54.1 Å². The van der Waals surface area contributed by atoms with Gasteiger partial charge in [0.15, 0.2) is 0 Å². The number of amides is 2. The summed E-state index contributed by atoms with van der Waals surface area (Å²) in [4.78, 5) is 29.6. The molecule has 2 heterocycles. The predicted molar refractivity (Wildman–Crippen MR) is 136 cm³/mol. The van der Waals surface area contributed by atoms with Crippen molar-refractivity contribution >= 4 is 17.6 Å². The summed E-state index contributed by atoms with van der Waals surface area (Å²) in [6.45, 7) is 0.755. The highest BCUT2D eigenvalue weighted by Crippen LogP contribution is 2.25. The van der Waals surface area contributed by atoms with Crippen LogP contribution in [0.5, 0.6) is 0 Å². The Balaban J connectivity index is 1.54. The van der Waals surface area contributed by atoms with Crippen molar-refractivity contribution in [1.29, 1.82) is 5.26 Å². The summed E-state index contributed by atoms with van der Waals surface area (Å²) in [5.74, 6) is -0.228. The molecule has 1 unspecified atom stereocenters. The van der Waals surface area contributed by atoms with E-state index in [9.17, 15) is 19.2 Å². The summed E-state index contributed by atoms with van der Waals surface area (Å²) in [6, 6.07) is 19.0. The largest absolute Gasteiger partial charge is 0.369 e. The lowest BCUT2D eigenvalue weighted by Gasteiger charge is -2.18. The summed E-state index contributed by atoms with van der Waals surface area (Å²) in [7, 11) is 0. The Labute approximate surface area is 209 Å². The van der Waals surface area contributed by atoms with Crippen molar-refractivity contribution < 1.29 is 14.0 Å². The van der Waals surface area contributed by atoms with Crippen LogP contribution in [0, 0.1) is 17.1 Å². The Bertz CT molecular complexity index is 1290. The van der Waals surface area contributed by atoms with E-state index in [2.05, 4.69) is 27.0 Å². The first-order valence-corrected chi connectivity index (χ1v) is 12.1. The van der Waals surface area contributed by atoms with E-state index in [1.54, 1.807) is 30.3 Å². The number of rotatable bonds is 8. The van der Waals surface area contributed by atoms with Gasteiger partial charge in [-0.05, 0) is 55.2 Å². The summed E-state index contributed by atoms with van der Waals surface area (Å²) in [6.07, 6.45) is 3.64. The molecule has 0 bridgehead atoms. The molecule has 0 saturated carbocycles. The number of hydrogen-bond donors (Lipinski definition) is 3. The smallest absolute Gasteiger partial charge is 0.255 e. The normalized spacial score (nSPS) is 15.3. The average molecular weight is 486 g/mol. The number of benzene rings is 2. The maximum absolute atomic E-state index is 13.5. The van der Waals surface area contributed by atoms with E-state index in [1.807, 2.05) is 18.2 Å². The molecule has 184 valence electrons. The molecule has 2 amide bonds. The number of halogens is 1. The Morgan fingerprint density at radius 2 is 2.00 bits per heavy atom. The predicted octanol–water partition coefficient (Wildman–Crippen LogP) is 4.20. The van der Waals surface area contributed by atoms with Crippen molar-refractivity contribution in [3.8, 4) is 17.3 Å². The highest BCUT2D eigenvalue weighted by atomic mass is 19.1. The molecular weight excluding hydrogens is 457 g/mol. The molecule has 36 heavy (non-hydrogen) atoms. The number of anilines is 1. The summed E-state index contributed by atoms with van der Waals surface area (Å²) in [5.41, 5.74) is 2.89. The highest BCUT2D eigenvalue weighted by Gasteiger charge is 2.20. The maximum atomic E-state index is 13.5. The second kappa shape index (κ2) is 11.9. The minimum atomic E-state index is -0.311. The third-order valence-electron chi connectivity index (χ3n) is 6.14. The molecule has 8 heteroatoms. The molecule has 1 aromatic heterocycles. The van der Waals surface area contributed by atoms with E-state index in [4.69, 9.17) is 0 Å². The van der Waals surface area contributed by atoms with Gasteiger partial charge >= 0.3 is 0 Å². The number of hydrogen-bond acceptors (Lipinski definition) is 5. The Kier molecular flexibility index (Phi) is 8.24. The lowest BCUT2D eigenvalue weighted by molar-refractivity contribution is -0.121. The second-order valence-electron chi connectivity index (χ2n) is 8.78. The van der Waals surface area contributed by atoms with Crippen molar-refractivity contribution in [3.63, 3.8) is 0 Å². The fourth-order valence-corrected chi connectivity index (χ4v) is 4.26. The molecule has 1 fully saturated rings. The van der Waals surface area contributed by atoms with Crippen molar-refractivity contribution in [2.75, 3.05) is 18.4 Å². The van der Waals surface area contributed by atoms with Crippen molar-refractivity contribution in [1.82, 2.24) is 15.6 Å². The van der Waals surface area contributed by atoms with Crippen molar-refractivity contribution in [3.05, 3.63) is 83.2 Å². The average Bonchev–Trinajstić information content (AvgIpc) is 3.11. The number of carbonyl (C=O) groups is 2. The molecule has 3 N–H and O–H groups in total. The molecule has 4 rings (SSSR count). The first-order valence-electron chi connectivity index (χ1n) is 12.1. The monoisotopic (exact) mass is 485 g/mol. The van der Waals surface area contributed by atoms with Crippen LogP contribution in [0.2, 0.25) is 0 Å². The standard InChI is InChI=1S/C28H28FN5O2/c29-21-8-5-6-19(16-21)14-15-31-27-24(28(36)32-18-22-9-2-4-11-26(35)33-22)12-13-25(34-27)23-10-3-1-7-20(23)17-30/h1,3,5-8,10,12-13,16,22H,2,4,9,11,14-15,18H2,(H,31,34)(H,32,36)(H,33,35). The van der Waals surface area contributed by atoms with E-state index < -0.39 is 0 Å². The van der Waals surface area contributed by atoms with Gasteiger partial charge in [-0.25, -0.2) is 9.37 Å². The number of aromatic nitrogens is 1. The molecule has 1 aliphatic rings. The van der Waals surface area contributed by atoms with Gasteiger partial charge in [-0.1, -0.05) is 36.8 Å². The zero-order chi connectivity index (χ0) is 25.3. The van der Waals surface area contributed by atoms with Crippen LogP contribution in [0.25, 0.3) is 11.3 Å². The fraction of sp³-hybridized carbons (Fsp3) is 0.286. The summed E-state index contributed by atoms with van der Waals surface area (Å²) in [5, 5.41) is 18.6. The van der Waals surface area contributed by atoms with Crippen LogP contribution in [0.1, 0.15) is 47.2 Å². The molecule has 0 spiro atoms. The van der Waals surface area contributed by atoms with Crippen molar-refractivity contribution in [2.45, 2.75) is 38.1 Å². The number of nitrogens with one attached hydrogen (secondary N) is 3. The van der Waals surface area contributed by atoms with E-state index in [0.717, 1.165) is 24.8 Å². The second-order valence-corrected chi connectivity index (χ2v) is 8.78. The SMILES string of the molecule is N#Cc1ccccc1-c1ccc(C(=O)NCC2CCCCC(=O)N2)c(NCCc2cccc(F)c2)n1. The number of carbonyl (C=O) groups excluding carboxylic acids is 2. The Hall–Kier alpha value is -4.25. The molecular formula is C28H28FN5O2. The van der Waals surface area contributed by atoms with Gasteiger partial charge in [0.1, 0.15) is 11.6 Å². The lowest BCUT2D eigenvalue weighted by atomic mass is 10.0. The van der Waals surface area contributed by atoms with Crippen LogP contribution in [0.4, 0.5) is 10.2 Å². The van der Waals surface area contributed by atoms with Crippen LogP contribution in [0.15, 0.2) is 60.7 Å². The van der Waals surface area contributed by atoms with Gasteiger partial charge in [0.05, 0.1) is 22.9 Å². The molecule has 7 nitrogen and oxygen atoms in total. The third kappa shape index (κ3) is 6.45. The molecule has 1 saturated heterocycles. The van der Waals surface area contributed by atoms with Gasteiger partial charge in [-0.3, -0.25) is 9.59 Å². The van der Waals surface area contributed by atoms with Gasteiger partial charge in [0.2, 0.25) is 5.91 Å². The molecule has 0 radical (unpaired) electrons. The summed E-state index contributed by atoms with van der Waals surface area (Å²) >= 11 is 0. The minimum absolute atomic E-state index is 0.00799. The van der Waals surface area contributed by atoms with Crippen LogP contribution in [0.3, 0.4) is 0 Å². The first-order chi connectivity index (χ1) is 17.5. The van der Waals surface area contributed by atoms with Gasteiger partial charge in [0, 0.05) is 31.1 Å². The van der Waals surface area contributed by atoms with E-state index in [1.165, 1.54) is 12.1 Å². The van der Waals surface area contributed by atoms with Crippen LogP contribution < -0.4 is 16.0 Å². The van der Waals surface area contributed by atoms with Gasteiger partial charge in [-0.15, -0.1) is 0 Å². The highest BCUT2D eigenvalue weighted by molar-refractivity contribution is 5.99. The van der Waals surface area contributed by atoms with Crippen LogP contribution in [-0.4, -0.2) is 35.9 Å². The minimum Gasteiger partial charge on any atom is -0.369 e. The number of pyridine rings is 1.